The van der Waals surface area contributed by atoms with Gasteiger partial charge in [-0.3, -0.25) is 0 Å². The van der Waals surface area contributed by atoms with E-state index < -0.39 is 0 Å². The van der Waals surface area contributed by atoms with E-state index in [1.807, 2.05) is 11.8 Å². The van der Waals surface area contributed by atoms with Crippen molar-refractivity contribution in [2.45, 2.75) is 29.1 Å². The Bertz CT molecular complexity index is 865. The molecule has 0 nitrogen and oxygen atoms in total. The normalized spacial score (nSPS) is 15.6. The molecule has 21 heavy (non-hydrogen) atoms. The van der Waals surface area contributed by atoms with Crippen molar-refractivity contribution in [1.29, 1.82) is 0 Å². The van der Waals surface area contributed by atoms with Crippen LogP contribution in [0.25, 0.3) is 10.8 Å². The predicted octanol–water partition coefficient (Wildman–Crippen LogP) is 6.39. The summed E-state index contributed by atoms with van der Waals surface area (Å²) in [6.45, 7) is 4.67. The van der Waals surface area contributed by atoms with Crippen molar-refractivity contribution >= 4 is 38.5 Å². The van der Waals surface area contributed by atoms with Gasteiger partial charge in [-0.25, -0.2) is 0 Å². The number of fused-ring (bicyclic) bond motifs is 4. The molecule has 0 amide bonds. The first-order chi connectivity index (χ1) is 10.1. The summed E-state index contributed by atoms with van der Waals surface area (Å²) in [5.41, 5.74) is 2.88. The summed E-state index contributed by atoms with van der Waals surface area (Å²) in [4.78, 5) is 2.75. The van der Waals surface area contributed by atoms with Crippen LogP contribution in [0.5, 0.6) is 0 Å². The molecule has 0 fully saturated rings. The molecule has 4 rings (SSSR count). The Balaban J connectivity index is 2.08. The van der Waals surface area contributed by atoms with E-state index in [0.29, 0.717) is 0 Å². The maximum Gasteiger partial charge on any atom is 0.0179 e. The van der Waals surface area contributed by atoms with Gasteiger partial charge in [0, 0.05) is 19.7 Å². The summed E-state index contributed by atoms with van der Waals surface area (Å²) in [6.07, 6.45) is 0. The second-order valence-electron chi connectivity index (χ2n) is 6.03. The Hall–Kier alpha value is -1.25. The van der Waals surface area contributed by atoms with Gasteiger partial charge in [-0.05, 0) is 46.2 Å². The lowest BCUT2D eigenvalue weighted by Gasteiger charge is -2.35. The quantitative estimate of drug-likeness (QED) is 0.450. The monoisotopic (exact) mass is 354 g/mol. The van der Waals surface area contributed by atoms with E-state index in [1.165, 1.54) is 31.7 Å². The van der Waals surface area contributed by atoms with Crippen LogP contribution in [0.15, 0.2) is 68.9 Å². The lowest BCUT2D eigenvalue weighted by molar-refractivity contribution is 0.613. The molecule has 0 atom stereocenters. The molecule has 3 aromatic rings. The van der Waals surface area contributed by atoms with Gasteiger partial charge in [0.05, 0.1) is 0 Å². The topological polar surface area (TPSA) is 0 Å². The van der Waals surface area contributed by atoms with Crippen molar-refractivity contribution in [2.24, 2.45) is 0 Å². The van der Waals surface area contributed by atoms with Gasteiger partial charge in [0.15, 0.2) is 0 Å². The third kappa shape index (κ3) is 1.96. The molecule has 0 aromatic heterocycles. The van der Waals surface area contributed by atoms with E-state index in [2.05, 4.69) is 84.4 Å². The largest absolute Gasteiger partial charge is 0.0894 e. The molecule has 1 aliphatic rings. The SMILES string of the molecule is CC1(C)c2cc(Br)ccc2Sc2ccc3ccccc3c21. The Kier molecular flexibility index (Phi) is 2.95. The zero-order valence-corrected chi connectivity index (χ0v) is 14.4. The molecule has 3 aromatic carbocycles. The number of hydrogen-bond donors (Lipinski definition) is 0. The molecule has 1 heterocycles. The van der Waals surface area contributed by atoms with Crippen LogP contribution >= 0.6 is 27.7 Å². The highest BCUT2D eigenvalue weighted by molar-refractivity contribution is 9.10. The van der Waals surface area contributed by atoms with Crippen molar-refractivity contribution in [1.82, 2.24) is 0 Å². The maximum atomic E-state index is 3.62. The molecule has 1 aliphatic heterocycles. The fourth-order valence-electron chi connectivity index (χ4n) is 3.31. The lowest BCUT2D eigenvalue weighted by atomic mass is 9.75. The first-order valence-corrected chi connectivity index (χ1v) is 8.68. The minimum Gasteiger partial charge on any atom is -0.0894 e. The van der Waals surface area contributed by atoms with Gasteiger partial charge in [-0.2, -0.15) is 0 Å². The third-order valence-corrected chi connectivity index (χ3v) is 5.98. The van der Waals surface area contributed by atoms with Gasteiger partial charge in [0.2, 0.25) is 0 Å². The van der Waals surface area contributed by atoms with Crippen molar-refractivity contribution in [3.05, 3.63) is 70.2 Å². The van der Waals surface area contributed by atoms with Gasteiger partial charge < -0.3 is 0 Å². The van der Waals surface area contributed by atoms with Gasteiger partial charge in [-0.1, -0.05) is 71.9 Å². The molecule has 0 saturated heterocycles. The average molecular weight is 355 g/mol. The molecule has 0 saturated carbocycles. The zero-order chi connectivity index (χ0) is 14.6. The summed E-state index contributed by atoms with van der Waals surface area (Å²) in [6, 6.07) is 19.8. The molecule has 0 spiro atoms. The van der Waals surface area contributed by atoms with E-state index in [0.717, 1.165) is 4.47 Å². The Morgan fingerprint density at radius 1 is 0.905 bits per heavy atom. The predicted molar refractivity (Wildman–Crippen MR) is 94.3 cm³/mol. The van der Waals surface area contributed by atoms with Crippen LogP contribution < -0.4 is 0 Å². The number of rotatable bonds is 0. The Morgan fingerprint density at radius 2 is 1.67 bits per heavy atom. The molecule has 2 heteroatoms. The Labute approximate surface area is 137 Å². The van der Waals surface area contributed by atoms with Gasteiger partial charge in [0.1, 0.15) is 0 Å². The van der Waals surface area contributed by atoms with Crippen LogP contribution in [-0.2, 0) is 5.41 Å². The standard InChI is InChI=1S/C19H15BrS/c1-19(2)15-11-13(20)8-10-16(15)21-17-9-7-12-5-3-4-6-14(12)18(17)19/h3-11H,1-2H3. The summed E-state index contributed by atoms with van der Waals surface area (Å²) in [5, 5.41) is 2.70. The van der Waals surface area contributed by atoms with Crippen LogP contribution in [0.1, 0.15) is 25.0 Å². The molecular weight excluding hydrogens is 340 g/mol. The fraction of sp³-hybridized carbons (Fsp3) is 0.158. The van der Waals surface area contributed by atoms with E-state index in [-0.39, 0.29) is 5.41 Å². The number of benzene rings is 3. The van der Waals surface area contributed by atoms with E-state index in [9.17, 15) is 0 Å². The second kappa shape index (κ2) is 4.62. The molecule has 0 aliphatic carbocycles. The smallest absolute Gasteiger partial charge is 0.0179 e. The second-order valence-corrected chi connectivity index (χ2v) is 8.03. The van der Waals surface area contributed by atoms with Crippen LogP contribution in [0.2, 0.25) is 0 Å². The molecular formula is C19H15BrS. The van der Waals surface area contributed by atoms with E-state index in [4.69, 9.17) is 0 Å². The number of hydrogen-bond acceptors (Lipinski definition) is 1. The van der Waals surface area contributed by atoms with Crippen LogP contribution in [0.3, 0.4) is 0 Å². The van der Waals surface area contributed by atoms with Crippen molar-refractivity contribution < 1.29 is 0 Å². The minimum absolute atomic E-state index is 0.0144. The third-order valence-electron chi connectivity index (χ3n) is 4.35. The summed E-state index contributed by atoms with van der Waals surface area (Å²) in [5.74, 6) is 0. The highest BCUT2D eigenvalue weighted by Gasteiger charge is 2.34. The molecule has 0 N–H and O–H groups in total. The molecule has 0 bridgehead atoms. The lowest BCUT2D eigenvalue weighted by Crippen LogP contribution is -2.24. The first-order valence-electron chi connectivity index (χ1n) is 7.07. The highest BCUT2D eigenvalue weighted by Crippen LogP contribution is 2.51. The van der Waals surface area contributed by atoms with E-state index >= 15 is 0 Å². The first kappa shape index (κ1) is 13.4. The molecule has 0 radical (unpaired) electrons. The minimum atomic E-state index is 0.0144. The van der Waals surface area contributed by atoms with Crippen LogP contribution in [-0.4, -0.2) is 0 Å². The molecule has 0 unspecified atom stereocenters. The zero-order valence-electron chi connectivity index (χ0n) is 12.0. The van der Waals surface area contributed by atoms with Gasteiger partial charge in [-0.15, -0.1) is 0 Å². The van der Waals surface area contributed by atoms with Crippen LogP contribution in [0.4, 0.5) is 0 Å². The summed E-state index contributed by atoms with van der Waals surface area (Å²) >= 11 is 5.51. The average Bonchev–Trinajstić information content (AvgIpc) is 2.47. The van der Waals surface area contributed by atoms with Crippen molar-refractivity contribution in [3.8, 4) is 0 Å². The summed E-state index contributed by atoms with van der Waals surface area (Å²) in [7, 11) is 0. The molecule has 104 valence electrons. The fourth-order valence-corrected chi connectivity index (χ4v) is 5.08. The summed E-state index contributed by atoms with van der Waals surface area (Å²) < 4.78 is 1.15. The van der Waals surface area contributed by atoms with Gasteiger partial charge >= 0.3 is 0 Å². The number of halogens is 1. The van der Waals surface area contributed by atoms with Crippen LogP contribution in [0, 0.1) is 0 Å². The van der Waals surface area contributed by atoms with Crippen molar-refractivity contribution in [2.75, 3.05) is 0 Å². The van der Waals surface area contributed by atoms with Crippen molar-refractivity contribution in [3.63, 3.8) is 0 Å². The highest BCUT2D eigenvalue weighted by atomic mass is 79.9. The van der Waals surface area contributed by atoms with E-state index in [1.54, 1.807) is 0 Å². The maximum absolute atomic E-state index is 3.62. The van der Waals surface area contributed by atoms with Gasteiger partial charge in [0.25, 0.3) is 0 Å². The Morgan fingerprint density at radius 3 is 2.52 bits per heavy atom.